The van der Waals surface area contributed by atoms with Crippen LogP contribution < -0.4 is 4.72 Å². The number of fused-ring (bicyclic) bond motifs is 3. The van der Waals surface area contributed by atoms with Gasteiger partial charge >= 0.3 is 0 Å². The molecule has 1 aromatic carbocycles. The summed E-state index contributed by atoms with van der Waals surface area (Å²) in [5, 5.41) is 11.1. The van der Waals surface area contributed by atoms with Gasteiger partial charge in [-0.3, -0.25) is 10.0 Å². The van der Waals surface area contributed by atoms with Crippen LogP contribution in [0.25, 0.3) is 10.9 Å². The van der Waals surface area contributed by atoms with Crippen LogP contribution in [0.2, 0.25) is 0 Å². The maximum absolute atomic E-state index is 13.3. The number of rotatable bonds is 7. The van der Waals surface area contributed by atoms with Gasteiger partial charge in [0.05, 0.1) is 29.8 Å². The fraction of sp³-hybridized carbons (Fsp3) is 0.300. The summed E-state index contributed by atoms with van der Waals surface area (Å²) in [6, 6.07) is 6.16. The molecule has 0 radical (unpaired) electrons. The van der Waals surface area contributed by atoms with Gasteiger partial charge in [-0.2, -0.15) is 0 Å². The van der Waals surface area contributed by atoms with Crippen LogP contribution in [0, 0.1) is 5.82 Å². The summed E-state index contributed by atoms with van der Waals surface area (Å²) >= 11 is 0. The Labute approximate surface area is 174 Å². The van der Waals surface area contributed by atoms with Crippen LogP contribution in [0.4, 0.5) is 4.39 Å². The molecule has 1 amide bonds. The largest absolute Gasteiger partial charge is 0.383 e. The molecule has 0 spiro atoms. The number of nitrogens with one attached hydrogen (secondary N) is 1. The van der Waals surface area contributed by atoms with Crippen LogP contribution in [-0.4, -0.2) is 56.7 Å². The van der Waals surface area contributed by atoms with Crippen LogP contribution in [0.5, 0.6) is 0 Å². The number of hydroxylamine groups is 2. The lowest BCUT2D eigenvalue weighted by molar-refractivity contribution is -0.0606. The Hall–Kier alpha value is -2.66. The van der Waals surface area contributed by atoms with Gasteiger partial charge in [0.25, 0.3) is 5.91 Å². The number of ether oxygens (including phenoxy) is 1. The second-order valence-electron chi connectivity index (χ2n) is 6.93. The molecule has 158 valence electrons. The second-order valence-corrected chi connectivity index (χ2v) is 8.19. The van der Waals surface area contributed by atoms with Gasteiger partial charge in [0.2, 0.25) is 0 Å². The molecule has 2 N–H and O–H groups in total. The predicted molar refractivity (Wildman–Crippen MR) is 108 cm³/mol. The number of aromatic nitrogens is 2. The summed E-state index contributed by atoms with van der Waals surface area (Å²) < 4.78 is 36.1. The molecule has 3 aromatic rings. The number of benzene rings is 1. The molecule has 0 bridgehead atoms. The molecule has 30 heavy (non-hydrogen) atoms. The van der Waals surface area contributed by atoms with E-state index in [0.717, 1.165) is 5.56 Å². The Balaban J connectivity index is 1.81. The molecule has 1 aliphatic rings. The van der Waals surface area contributed by atoms with Gasteiger partial charge in [0.15, 0.2) is 0 Å². The van der Waals surface area contributed by atoms with Gasteiger partial charge in [-0.15, -0.1) is 0 Å². The third-order valence-electron chi connectivity index (χ3n) is 5.00. The normalized spacial score (nSPS) is 14.9. The first-order valence-corrected chi connectivity index (χ1v) is 10.5. The van der Waals surface area contributed by atoms with Gasteiger partial charge in [-0.05, 0) is 29.7 Å². The van der Waals surface area contributed by atoms with Gasteiger partial charge in [-0.25, -0.2) is 23.4 Å². The number of hydrogen-bond donors (Lipinski definition) is 2. The summed E-state index contributed by atoms with van der Waals surface area (Å²) in [4.78, 5) is 17.1. The number of carbonyl (C=O) groups is 1. The van der Waals surface area contributed by atoms with Crippen molar-refractivity contribution in [1.29, 1.82) is 0 Å². The Kier molecular flexibility index (Phi) is 5.91. The van der Waals surface area contributed by atoms with E-state index >= 15 is 0 Å². The summed E-state index contributed by atoms with van der Waals surface area (Å²) in [6.45, 7) is 1.35. The van der Waals surface area contributed by atoms with Gasteiger partial charge in [0.1, 0.15) is 22.5 Å². The lowest BCUT2D eigenvalue weighted by Gasteiger charge is -2.22. The molecule has 3 heterocycles. The number of methoxy groups -OCH3 is 1. The van der Waals surface area contributed by atoms with E-state index in [1.807, 2.05) is 4.57 Å². The average molecular weight is 432 g/mol. The van der Waals surface area contributed by atoms with E-state index in [4.69, 9.17) is 4.74 Å². The molecule has 4 rings (SSSR count). The molecule has 8 nitrogen and oxygen atoms in total. The first kappa shape index (κ1) is 20.6. The maximum atomic E-state index is 13.3. The van der Waals surface area contributed by atoms with Crippen LogP contribution in [0.3, 0.4) is 0 Å². The lowest BCUT2D eigenvalue weighted by Crippen LogP contribution is -2.35. The number of hydrogen-bond acceptors (Lipinski definition) is 5. The fourth-order valence-electron chi connectivity index (χ4n) is 3.55. The first-order valence-electron chi connectivity index (χ1n) is 9.39. The van der Waals surface area contributed by atoms with Crippen molar-refractivity contribution < 1.29 is 23.3 Å². The van der Waals surface area contributed by atoms with Crippen molar-refractivity contribution in [2.45, 2.75) is 17.9 Å². The minimum absolute atomic E-state index is 0.138. The molecule has 0 aliphatic carbocycles. The fourth-order valence-corrected chi connectivity index (χ4v) is 4.61. The molecule has 1 unspecified atom stereocenters. The number of amides is 1. The predicted octanol–water partition coefficient (Wildman–Crippen LogP) is 1.87. The SMILES string of the molecule is COCCNS(=O)c1cn(Cc2ccc(F)cc2)c2cnc3c(c12)CCN(O)C3=O. The van der Waals surface area contributed by atoms with E-state index in [0.29, 0.717) is 52.5 Å². The van der Waals surface area contributed by atoms with Gasteiger partial charge in [0, 0.05) is 31.8 Å². The summed E-state index contributed by atoms with van der Waals surface area (Å²) in [7, 11) is 0.0186. The molecule has 1 atom stereocenters. The zero-order valence-corrected chi connectivity index (χ0v) is 17.1. The smallest absolute Gasteiger partial charge is 0.296 e. The third kappa shape index (κ3) is 3.86. The van der Waals surface area contributed by atoms with E-state index in [2.05, 4.69) is 9.71 Å². The van der Waals surface area contributed by atoms with Crippen molar-refractivity contribution in [3.8, 4) is 0 Å². The molecule has 0 fully saturated rings. The van der Waals surface area contributed by atoms with Crippen molar-refractivity contribution >= 4 is 27.8 Å². The van der Waals surface area contributed by atoms with Crippen LogP contribution in [0.15, 0.2) is 41.6 Å². The highest BCUT2D eigenvalue weighted by Gasteiger charge is 2.29. The van der Waals surface area contributed by atoms with E-state index in [9.17, 15) is 18.6 Å². The quantitative estimate of drug-likeness (QED) is 0.439. The van der Waals surface area contributed by atoms with Crippen LogP contribution in [0.1, 0.15) is 21.6 Å². The molecule has 0 saturated carbocycles. The van der Waals surface area contributed by atoms with E-state index in [1.54, 1.807) is 31.6 Å². The highest BCUT2D eigenvalue weighted by atomic mass is 32.2. The van der Waals surface area contributed by atoms with E-state index in [1.165, 1.54) is 12.1 Å². The summed E-state index contributed by atoms with van der Waals surface area (Å²) in [5.41, 5.74) is 2.41. The first-order chi connectivity index (χ1) is 14.5. The van der Waals surface area contributed by atoms with E-state index in [-0.39, 0.29) is 18.1 Å². The van der Waals surface area contributed by atoms with Crippen molar-refractivity contribution in [3.05, 3.63) is 59.3 Å². The van der Waals surface area contributed by atoms with Crippen molar-refractivity contribution in [3.63, 3.8) is 0 Å². The summed E-state index contributed by atoms with van der Waals surface area (Å²) in [6.07, 6.45) is 3.71. The third-order valence-corrected chi connectivity index (χ3v) is 6.18. The molecule has 10 heteroatoms. The van der Waals surface area contributed by atoms with Crippen molar-refractivity contribution in [1.82, 2.24) is 19.3 Å². The highest BCUT2D eigenvalue weighted by Crippen LogP contribution is 2.32. The Morgan fingerprint density at radius 2 is 2.10 bits per heavy atom. The number of pyridine rings is 1. The molecular weight excluding hydrogens is 411 g/mol. The van der Waals surface area contributed by atoms with Gasteiger partial charge in [-0.1, -0.05) is 12.1 Å². The van der Waals surface area contributed by atoms with Crippen LogP contribution >= 0.6 is 0 Å². The Morgan fingerprint density at radius 3 is 2.83 bits per heavy atom. The van der Waals surface area contributed by atoms with Crippen LogP contribution in [-0.2, 0) is 28.7 Å². The topological polar surface area (TPSA) is 96.7 Å². The zero-order valence-electron chi connectivity index (χ0n) is 16.3. The zero-order chi connectivity index (χ0) is 21.3. The second kappa shape index (κ2) is 8.60. The molecule has 0 saturated heterocycles. The van der Waals surface area contributed by atoms with Crippen molar-refractivity contribution in [2.24, 2.45) is 0 Å². The van der Waals surface area contributed by atoms with E-state index < -0.39 is 16.9 Å². The van der Waals surface area contributed by atoms with Gasteiger partial charge < -0.3 is 9.30 Å². The minimum atomic E-state index is -1.54. The summed E-state index contributed by atoms with van der Waals surface area (Å²) in [5.74, 6) is -0.892. The average Bonchev–Trinajstić information content (AvgIpc) is 3.11. The Bertz CT molecular complexity index is 1120. The standard InChI is InChI=1S/C20H21FN4O4S/c1-29-9-7-23-30(28)17-12-24(11-13-2-4-14(21)5-3-13)16-10-22-19-15(18(16)17)6-8-25(27)20(19)26/h2-5,10,12,23,27H,6-9,11H2,1H3. The Morgan fingerprint density at radius 1 is 1.33 bits per heavy atom. The highest BCUT2D eigenvalue weighted by molar-refractivity contribution is 7.83. The maximum Gasteiger partial charge on any atom is 0.296 e. The number of nitrogens with zero attached hydrogens (tertiary/aromatic N) is 3. The molecule has 1 aliphatic heterocycles. The molecular formula is C20H21FN4O4S. The number of halogens is 1. The minimum Gasteiger partial charge on any atom is -0.383 e. The number of carbonyl (C=O) groups excluding carboxylic acids is 1. The monoisotopic (exact) mass is 432 g/mol. The van der Waals surface area contributed by atoms with Crippen molar-refractivity contribution in [2.75, 3.05) is 26.8 Å². The lowest BCUT2D eigenvalue weighted by atomic mass is 10.0. The molecule has 2 aromatic heterocycles.